The Bertz CT molecular complexity index is 1360. The number of carbonyl (C=O) groups is 1. The van der Waals surface area contributed by atoms with Gasteiger partial charge in [-0.05, 0) is 37.8 Å². The molecule has 4 N–H and O–H groups in total. The van der Waals surface area contributed by atoms with Crippen LogP contribution in [0.25, 0.3) is 16.7 Å². The molecule has 13 heteroatoms. The van der Waals surface area contributed by atoms with Crippen molar-refractivity contribution in [3.8, 4) is 5.69 Å². The maximum Gasteiger partial charge on any atom is 0.408 e. The number of alkyl halides is 3. The number of amides is 1. The fourth-order valence-corrected chi connectivity index (χ4v) is 3.78. The van der Waals surface area contributed by atoms with Gasteiger partial charge in [-0.15, -0.1) is 0 Å². The molecular weight excluding hydrogens is 492 g/mol. The molecule has 36 heavy (non-hydrogen) atoms. The second-order valence-electron chi connectivity index (χ2n) is 8.72. The number of rotatable bonds is 7. The lowest BCUT2D eigenvalue weighted by Gasteiger charge is -2.22. The smallest absolute Gasteiger partial charge is 0.368 e. The molecule has 2 heterocycles. The Morgan fingerprint density at radius 2 is 1.83 bits per heavy atom. The average Bonchev–Trinajstić information content (AvgIpc) is 3.61. The van der Waals surface area contributed by atoms with Crippen LogP contribution in [-0.2, 0) is 0 Å². The van der Waals surface area contributed by atoms with Crippen molar-refractivity contribution in [2.24, 2.45) is 11.7 Å². The van der Waals surface area contributed by atoms with Crippen LogP contribution in [0.1, 0.15) is 30.1 Å². The third kappa shape index (κ3) is 5.15. The summed E-state index contributed by atoms with van der Waals surface area (Å²) in [4.78, 5) is 30.1. The standard InChI is InChI=1S/C23H21F6N5O2/c1-10(30)8-31-17-5-4-13-19(35)14(22(36)33-20(11-2-3-11)23(27,28)29)9-34(21(13)32-17)18-15(25)6-12(24)7-16(18)26/h4-7,9-11,20H,2-3,8,30H2,1H3,(H,31,32)(H,33,36)/t10-,20+/m1/s1. The third-order valence-electron chi connectivity index (χ3n) is 5.66. The van der Waals surface area contributed by atoms with Crippen LogP contribution in [0.2, 0.25) is 0 Å². The zero-order valence-corrected chi connectivity index (χ0v) is 18.8. The van der Waals surface area contributed by atoms with Crippen molar-refractivity contribution >= 4 is 22.8 Å². The second-order valence-corrected chi connectivity index (χ2v) is 8.72. The van der Waals surface area contributed by atoms with E-state index < -0.39 is 58.2 Å². The van der Waals surface area contributed by atoms with Gasteiger partial charge >= 0.3 is 6.18 Å². The Morgan fingerprint density at radius 3 is 2.39 bits per heavy atom. The van der Waals surface area contributed by atoms with E-state index in [2.05, 4.69) is 10.3 Å². The molecule has 1 saturated carbocycles. The van der Waals surface area contributed by atoms with E-state index in [0.29, 0.717) is 22.9 Å². The molecule has 1 amide bonds. The maximum atomic E-state index is 14.7. The molecule has 4 rings (SSSR count). The van der Waals surface area contributed by atoms with E-state index in [0.717, 1.165) is 0 Å². The van der Waals surface area contributed by atoms with Crippen LogP contribution in [0.4, 0.5) is 32.2 Å². The number of carbonyl (C=O) groups excluding carboxylic acids is 1. The van der Waals surface area contributed by atoms with Crippen molar-refractivity contribution in [2.45, 2.75) is 38.0 Å². The molecule has 0 bridgehead atoms. The summed E-state index contributed by atoms with van der Waals surface area (Å²) >= 11 is 0. The number of nitrogens with two attached hydrogens (primary N) is 1. The molecule has 1 aliphatic rings. The lowest BCUT2D eigenvalue weighted by Crippen LogP contribution is -2.48. The number of benzene rings is 1. The van der Waals surface area contributed by atoms with Gasteiger partial charge in [-0.3, -0.25) is 14.2 Å². The maximum absolute atomic E-state index is 14.7. The predicted octanol–water partition coefficient (Wildman–Crippen LogP) is 3.63. The Hall–Kier alpha value is -3.61. The molecule has 1 fully saturated rings. The third-order valence-corrected chi connectivity index (χ3v) is 5.66. The van der Waals surface area contributed by atoms with Crippen LogP contribution in [0.15, 0.2) is 35.3 Å². The average molecular weight is 513 g/mol. The van der Waals surface area contributed by atoms with Crippen molar-refractivity contribution in [3.05, 3.63) is 63.7 Å². The minimum absolute atomic E-state index is 0.166. The van der Waals surface area contributed by atoms with Gasteiger partial charge in [0.1, 0.15) is 28.9 Å². The number of anilines is 1. The summed E-state index contributed by atoms with van der Waals surface area (Å²) in [6.45, 7) is 1.95. The highest BCUT2D eigenvalue weighted by atomic mass is 19.4. The highest BCUT2D eigenvalue weighted by Gasteiger charge is 2.49. The van der Waals surface area contributed by atoms with Crippen molar-refractivity contribution in [3.63, 3.8) is 0 Å². The topological polar surface area (TPSA) is 102 Å². The van der Waals surface area contributed by atoms with Gasteiger partial charge in [0.25, 0.3) is 5.91 Å². The molecule has 0 saturated heterocycles. The van der Waals surface area contributed by atoms with Crippen LogP contribution in [0.3, 0.4) is 0 Å². The van der Waals surface area contributed by atoms with Crippen molar-refractivity contribution in [1.82, 2.24) is 14.9 Å². The minimum Gasteiger partial charge on any atom is -0.368 e. The number of hydrogen-bond donors (Lipinski definition) is 3. The van der Waals surface area contributed by atoms with Crippen molar-refractivity contribution in [2.75, 3.05) is 11.9 Å². The lowest BCUT2D eigenvalue weighted by molar-refractivity contribution is -0.158. The van der Waals surface area contributed by atoms with Gasteiger partial charge in [-0.1, -0.05) is 0 Å². The van der Waals surface area contributed by atoms with Gasteiger partial charge in [-0.2, -0.15) is 13.2 Å². The first kappa shape index (κ1) is 25.5. The number of aromatic nitrogens is 2. The van der Waals surface area contributed by atoms with Crippen molar-refractivity contribution < 1.29 is 31.1 Å². The van der Waals surface area contributed by atoms with E-state index in [4.69, 9.17) is 5.73 Å². The number of nitrogens with one attached hydrogen (secondary N) is 2. The zero-order valence-electron chi connectivity index (χ0n) is 18.8. The highest BCUT2D eigenvalue weighted by Crippen LogP contribution is 2.40. The lowest BCUT2D eigenvalue weighted by atomic mass is 10.1. The summed E-state index contributed by atoms with van der Waals surface area (Å²) in [6.07, 6.45) is -3.56. The molecule has 2 atom stereocenters. The summed E-state index contributed by atoms with van der Waals surface area (Å²) in [7, 11) is 0. The van der Waals surface area contributed by atoms with Crippen molar-refractivity contribution in [1.29, 1.82) is 0 Å². The van der Waals surface area contributed by atoms with E-state index in [1.54, 1.807) is 6.92 Å². The number of nitrogens with zero attached hydrogens (tertiary/aromatic N) is 2. The van der Waals surface area contributed by atoms with Crippen LogP contribution in [-0.4, -0.2) is 40.3 Å². The molecular formula is C23H21F6N5O2. The number of halogens is 6. The predicted molar refractivity (Wildman–Crippen MR) is 119 cm³/mol. The molecule has 0 unspecified atom stereocenters. The highest BCUT2D eigenvalue weighted by molar-refractivity contribution is 5.97. The molecule has 2 aromatic heterocycles. The summed E-state index contributed by atoms with van der Waals surface area (Å²) in [5, 5.41) is 4.40. The number of fused-ring (bicyclic) bond motifs is 1. The van der Waals surface area contributed by atoms with Crippen LogP contribution < -0.4 is 21.8 Å². The SMILES string of the molecule is C[C@@H](N)CNc1ccc2c(=O)c(C(=O)N[C@@H](C3CC3)C(F)(F)F)cn(-c3c(F)cc(F)cc3F)c2n1. The molecule has 3 aromatic rings. The normalized spacial score (nSPS) is 15.6. The van der Waals surface area contributed by atoms with Gasteiger partial charge in [0, 0.05) is 30.9 Å². The first-order valence-corrected chi connectivity index (χ1v) is 10.9. The molecule has 1 aliphatic carbocycles. The van der Waals surface area contributed by atoms with Gasteiger partial charge in [0.2, 0.25) is 5.43 Å². The minimum atomic E-state index is -4.76. The number of hydrogen-bond acceptors (Lipinski definition) is 5. The first-order chi connectivity index (χ1) is 16.9. The Kier molecular flexibility index (Phi) is 6.69. The molecule has 0 aliphatic heterocycles. The summed E-state index contributed by atoms with van der Waals surface area (Å²) < 4.78 is 84.0. The molecule has 7 nitrogen and oxygen atoms in total. The summed E-state index contributed by atoms with van der Waals surface area (Å²) in [5.74, 6) is -6.02. The zero-order chi connectivity index (χ0) is 26.4. The van der Waals surface area contributed by atoms with Crippen LogP contribution in [0.5, 0.6) is 0 Å². The van der Waals surface area contributed by atoms with Crippen LogP contribution in [0, 0.1) is 23.4 Å². The summed E-state index contributed by atoms with van der Waals surface area (Å²) in [5.41, 5.74) is 2.72. The summed E-state index contributed by atoms with van der Waals surface area (Å²) in [6, 6.07) is 0.841. The van der Waals surface area contributed by atoms with E-state index in [9.17, 15) is 35.9 Å². The Balaban J connectivity index is 1.90. The second kappa shape index (κ2) is 9.45. The van der Waals surface area contributed by atoms with E-state index >= 15 is 0 Å². The molecule has 1 aromatic carbocycles. The first-order valence-electron chi connectivity index (χ1n) is 10.9. The molecule has 0 spiro atoms. The van der Waals surface area contributed by atoms with E-state index in [-0.39, 0.29) is 42.3 Å². The Morgan fingerprint density at radius 1 is 1.19 bits per heavy atom. The molecule has 0 radical (unpaired) electrons. The van der Waals surface area contributed by atoms with Gasteiger partial charge in [0.05, 0.1) is 5.39 Å². The quantitative estimate of drug-likeness (QED) is 0.419. The van der Waals surface area contributed by atoms with Gasteiger partial charge < -0.3 is 16.4 Å². The number of pyridine rings is 2. The van der Waals surface area contributed by atoms with Gasteiger partial charge in [-0.25, -0.2) is 18.2 Å². The largest absolute Gasteiger partial charge is 0.408 e. The Labute approximate surface area is 200 Å². The van der Waals surface area contributed by atoms with Gasteiger partial charge in [0.15, 0.2) is 17.3 Å². The molecule has 192 valence electrons. The van der Waals surface area contributed by atoms with Crippen LogP contribution >= 0.6 is 0 Å². The van der Waals surface area contributed by atoms with E-state index in [1.165, 1.54) is 12.1 Å². The fourth-order valence-electron chi connectivity index (χ4n) is 3.78. The fraction of sp³-hybridized carbons (Fsp3) is 0.348. The monoisotopic (exact) mass is 513 g/mol. The van der Waals surface area contributed by atoms with E-state index in [1.807, 2.05) is 5.32 Å².